The number of unbranched alkanes of at least 4 members (excludes halogenated alkanes) is 3. The topological polar surface area (TPSA) is 25.8 Å². The normalized spacial score (nSPS) is 14.5. The van der Waals surface area contributed by atoms with Crippen molar-refractivity contribution in [3.05, 3.63) is 22.2 Å². The molecule has 2 nitrogen and oxygen atoms in total. The molecule has 1 rings (SSSR count). The van der Waals surface area contributed by atoms with E-state index in [9.17, 15) is 4.39 Å². The third-order valence-corrected chi connectivity index (χ3v) is 4.43. The van der Waals surface area contributed by atoms with E-state index in [1.54, 1.807) is 0 Å². The largest absolute Gasteiger partial charge is 0.204 e. The summed E-state index contributed by atoms with van der Waals surface area (Å²) in [5.74, 6) is -0.326. The minimum atomic E-state index is -0.326. The molecule has 0 aromatic carbocycles. The third-order valence-electron chi connectivity index (χ3n) is 3.68. The molecule has 0 aliphatic rings. The lowest BCUT2D eigenvalue weighted by Crippen LogP contribution is -2.24. The van der Waals surface area contributed by atoms with E-state index in [1.807, 2.05) is 0 Å². The molecule has 0 saturated heterocycles. The molecule has 0 aliphatic heterocycles. The van der Waals surface area contributed by atoms with Crippen molar-refractivity contribution in [2.45, 2.75) is 64.7 Å². The summed E-state index contributed by atoms with van der Waals surface area (Å²) < 4.78 is 14.0. The van der Waals surface area contributed by atoms with Gasteiger partial charge in [-0.15, -0.1) is 0 Å². The summed E-state index contributed by atoms with van der Waals surface area (Å²) in [5.41, 5.74) is 0.656. The number of hydrogen-bond donors (Lipinski definition) is 0. The van der Waals surface area contributed by atoms with Gasteiger partial charge in [0.15, 0.2) is 5.82 Å². The maximum Gasteiger partial charge on any atom is 0.159 e. The minimum absolute atomic E-state index is 0.0956. The molecule has 0 aliphatic carbocycles. The van der Waals surface area contributed by atoms with Crippen molar-refractivity contribution < 1.29 is 4.39 Å². The van der Waals surface area contributed by atoms with Crippen molar-refractivity contribution in [3.8, 4) is 0 Å². The van der Waals surface area contributed by atoms with Gasteiger partial charge in [0.1, 0.15) is 0 Å². The highest BCUT2D eigenvalue weighted by Crippen LogP contribution is 2.36. The second kappa shape index (κ2) is 7.17. The predicted octanol–water partition coefficient (Wildman–Crippen LogP) is 5.02. The molecule has 0 saturated carbocycles. The van der Waals surface area contributed by atoms with Gasteiger partial charge in [0, 0.05) is 5.41 Å². The van der Waals surface area contributed by atoms with E-state index in [4.69, 9.17) is 0 Å². The molecule has 0 spiro atoms. The van der Waals surface area contributed by atoms with Gasteiger partial charge in [-0.3, -0.25) is 0 Å². The summed E-state index contributed by atoms with van der Waals surface area (Å²) >= 11 is 3.30. The van der Waals surface area contributed by atoms with Gasteiger partial charge in [0.25, 0.3) is 0 Å². The Morgan fingerprint density at radius 3 is 2.61 bits per heavy atom. The van der Waals surface area contributed by atoms with Crippen LogP contribution in [0, 0.1) is 5.82 Å². The molecule has 1 aromatic rings. The summed E-state index contributed by atoms with van der Waals surface area (Å²) in [7, 11) is 0. The van der Waals surface area contributed by atoms with Crippen molar-refractivity contribution in [2.75, 3.05) is 0 Å². The Morgan fingerprint density at radius 1 is 1.28 bits per heavy atom. The molecular formula is C14H22BrFN2. The van der Waals surface area contributed by atoms with E-state index in [2.05, 4.69) is 46.9 Å². The Balaban J connectivity index is 2.82. The van der Waals surface area contributed by atoms with Crippen LogP contribution in [-0.2, 0) is 5.41 Å². The molecule has 0 radical (unpaired) electrons. The van der Waals surface area contributed by atoms with Crippen LogP contribution in [0.3, 0.4) is 0 Å². The van der Waals surface area contributed by atoms with Gasteiger partial charge < -0.3 is 0 Å². The average molecular weight is 317 g/mol. The smallest absolute Gasteiger partial charge is 0.159 e. The first-order valence-corrected chi connectivity index (χ1v) is 7.51. The Kier molecular flexibility index (Phi) is 6.19. The number of aromatic nitrogens is 2. The van der Waals surface area contributed by atoms with Crippen molar-refractivity contribution in [1.29, 1.82) is 0 Å². The number of nitrogens with zero attached hydrogens (tertiary/aromatic N) is 2. The molecule has 1 heterocycles. The van der Waals surface area contributed by atoms with Gasteiger partial charge >= 0.3 is 0 Å². The lowest BCUT2D eigenvalue weighted by Gasteiger charge is -2.28. The molecule has 4 heteroatoms. The SMILES string of the molecule is CCCCCCC(C)(CC)c1nncc(F)c1Br. The van der Waals surface area contributed by atoms with Gasteiger partial charge in [-0.05, 0) is 28.8 Å². The first-order valence-electron chi connectivity index (χ1n) is 6.72. The second-order valence-electron chi connectivity index (χ2n) is 5.08. The monoisotopic (exact) mass is 316 g/mol. The second-order valence-corrected chi connectivity index (χ2v) is 5.87. The van der Waals surface area contributed by atoms with Gasteiger partial charge in [0.2, 0.25) is 0 Å². The Bertz CT molecular complexity index is 384. The van der Waals surface area contributed by atoms with Crippen molar-refractivity contribution >= 4 is 15.9 Å². The zero-order valence-electron chi connectivity index (χ0n) is 11.5. The summed E-state index contributed by atoms with van der Waals surface area (Å²) in [6.45, 7) is 6.47. The van der Waals surface area contributed by atoms with E-state index in [-0.39, 0.29) is 11.2 Å². The first-order chi connectivity index (χ1) is 8.55. The summed E-state index contributed by atoms with van der Waals surface area (Å²) in [6, 6.07) is 0. The molecule has 1 aromatic heterocycles. The van der Waals surface area contributed by atoms with Crippen LogP contribution in [0.1, 0.15) is 65.0 Å². The maximum absolute atomic E-state index is 13.5. The highest BCUT2D eigenvalue weighted by atomic mass is 79.9. The highest BCUT2D eigenvalue weighted by molar-refractivity contribution is 9.10. The van der Waals surface area contributed by atoms with Crippen molar-refractivity contribution in [2.24, 2.45) is 0 Å². The molecule has 0 amide bonds. The van der Waals surface area contributed by atoms with Crippen LogP contribution in [0.5, 0.6) is 0 Å². The molecule has 1 atom stereocenters. The number of hydrogen-bond acceptors (Lipinski definition) is 2. The third kappa shape index (κ3) is 3.74. The van der Waals surface area contributed by atoms with Gasteiger partial charge in [-0.1, -0.05) is 46.5 Å². The summed E-state index contributed by atoms with van der Waals surface area (Å²) in [4.78, 5) is 0. The molecule has 0 fully saturated rings. The lowest BCUT2D eigenvalue weighted by atomic mass is 9.79. The Hall–Kier alpha value is -0.510. The van der Waals surface area contributed by atoms with E-state index in [0.29, 0.717) is 4.47 Å². The fraction of sp³-hybridized carbons (Fsp3) is 0.714. The summed E-state index contributed by atoms with van der Waals surface area (Å²) in [5, 5.41) is 7.89. The predicted molar refractivity (Wildman–Crippen MR) is 76.1 cm³/mol. The quantitative estimate of drug-likeness (QED) is 0.660. The highest BCUT2D eigenvalue weighted by Gasteiger charge is 2.29. The number of rotatable bonds is 7. The molecule has 102 valence electrons. The van der Waals surface area contributed by atoms with Crippen LogP contribution in [0.2, 0.25) is 0 Å². The zero-order chi connectivity index (χ0) is 13.6. The van der Waals surface area contributed by atoms with Crippen molar-refractivity contribution in [3.63, 3.8) is 0 Å². The summed E-state index contributed by atoms with van der Waals surface area (Å²) in [6.07, 6.45) is 7.99. The minimum Gasteiger partial charge on any atom is -0.204 e. The van der Waals surface area contributed by atoms with Crippen LogP contribution >= 0.6 is 15.9 Å². The van der Waals surface area contributed by atoms with Gasteiger partial charge in [0.05, 0.1) is 16.4 Å². The molecule has 0 N–H and O–H groups in total. The number of halogens is 2. The molecule has 1 unspecified atom stereocenters. The molecular weight excluding hydrogens is 295 g/mol. The maximum atomic E-state index is 13.5. The lowest BCUT2D eigenvalue weighted by molar-refractivity contribution is 0.376. The van der Waals surface area contributed by atoms with Gasteiger partial charge in [-0.25, -0.2) is 4.39 Å². The first kappa shape index (κ1) is 15.5. The van der Waals surface area contributed by atoms with Crippen LogP contribution in [-0.4, -0.2) is 10.2 Å². The van der Waals surface area contributed by atoms with Crippen LogP contribution < -0.4 is 0 Å². The van der Waals surface area contributed by atoms with E-state index < -0.39 is 0 Å². The van der Waals surface area contributed by atoms with E-state index in [1.165, 1.54) is 19.3 Å². The molecule has 18 heavy (non-hydrogen) atoms. The van der Waals surface area contributed by atoms with Crippen LogP contribution in [0.15, 0.2) is 10.7 Å². The Labute approximate surface area is 118 Å². The fourth-order valence-corrected chi connectivity index (χ4v) is 2.80. The Morgan fingerprint density at radius 2 is 2.00 bits per heavy atom. The zero-order valence-corrected chi connectivity index (χ0v) is 13.1. The van der Waals surface area contributed by atoms with Crippen LogP contribution in [0.4, 0.5) is 4.39 Å². The van der Waals surface area contributed by atoms with Crippen molar-refractivity contribution in [1.82, 2.24) is 10.2 Å². The van der Waals surface area contributed by atoms with E-state index >= 15 is 0 Å². The van der Waals surface area contributed by atoms with Gasteiger partial charge in [-0.2, -0.15) is 10.2 Å². The molecule has 0 bridgehead atoms. The van der Waals surface area contributed by atoms with Crippen LogP contribution in [0.25, 0.3) is 0 Å². The average Bonchev–Trinajstić information content (AvgIpc) is 2.37. The fourth-order valence-electron chi connectivity index (χ4n) is 2.14. The standard InChI is InChI=1S/C14H22BrFN2/c1-4-6-7-8-9-14(3,5-2)13-12(15)11(16)10-17-18-13/h10H,4-9H2,1-3H3. The van der Waals surface area contributed by atoms with E-state index in [0.717, 1.165) is 31.2 Å².